The van der Waals surface area contributed by atoms with E-state index in [4.69, 9.17) is 0 Å². The average Bonchev–Trinajstić information content (AvgIpc) is 2.74. The Kier molecular flexibility index (Phi) is 7.14. The summed E-state index contributed by atoms with van der Waals surface area (Å²) in [6, 6.07) is 20.7. The van der Waals surface area contributed by atoms with Crippen molar-refractivity contribution in [3.05, 3.63) is 100 Å². The molecule has 0 spiro atoms. The van der Waals surface area contributed by atoms with Crippen LogP contribution in [0.15, 0.2) is 72.0 Å². The van der Waals surface area contributed by atoms with Gasteiger partial charge in [0, 0.05) is 36.4 Å². The van der Waals surface area contributed by atoms with E-state index >= 15 is 0 Å². The molecule has 0 fully saturated rings. The van der Waals surface area contributed by atoms with Crippen molar-refractivity contribution in [3.63, 3.8) is 0 Å². The maximum absolute atomic E-state index is 9.79. The summed E-state index contributed by atoms with van der Waals surface area (Å²) in [5, 5.41) is 22.6. The van der Waals surface area contributed by atoms with Crippen LogP contribution < -0.4 is 0 Å². The van der Waals surface area contributed by atoms with E-state index in [2.05, 4.69) is 59.5 Å². The van der Waals surface area contributed by atoms with Crippen LogP contribution in [0.1, 0.15) is 52.3 Å². The third-order valence-corrected chi connectivity index (χ3v) is 5.29. The van der Waals surface area contributed by atoms with Gasteiger partial charge in [0.25, 0.3) is 0 Å². The number of aromatic nitrogens is 1. The molecule has 29 heavy (non-hydrogen) atoms. The van der Waals surface area contributed by atoms with Gasteiger partial charge in [0.1, 0.15) is 0 Å². The van der Waals surface area contributed by atoms with Crippen molar-refractivity contribution >= 4 is 5.71 Å². The van der Waals surface area contributed by atoms with Crippen molar-refractivity contribution < 1.29 is 10.3 Å². The van der Waals surface area contributed by atoms with Gasteiger partial charge >= 0.3 is 0 Å². The van der Waals surface area contributed by atoms with Crippen LogP contribution in [0.2, 0.25) is 0 Å². The molecule has 0 saturated carbocycles. The van der Waals surface area contributed by atoms with Crippen molar-refractivity contribution in [3.8, 4) is 0 Å². The Bertz CT molecular complexity index is 982. The van der Waals surface area contributed by atoms with Crippen LogP contribution in [0.5, 0.6) is 0 Å². The fourth-order valence-corrected chi connectivity index (χ4v) is 3.77. The molecule has 0 bridgehead atoms. The number of aliphatic hydroxyl groups excluding tert-OH is 1. The maximum Gasteiger partial charge on any atom is 0.0878 e. The standard InChI is InChI=1S/C25H28N2O2/c1-18-7-3-4-11-23(18)24(21-10-5-8-20(16-21)9-6-14-28)17-25(27-29)22-12-13-26-19(2)15-22/h3-5,7-8,10-13,15-16,24,28-29H,6,9,14,17H2,1-2H3. The van der Waals surface area contributed by atoms with E-state index in [1.54, 1.807) is 6.20 Å². The molecular weight excluding hydrogens is 360 g/mol. The normalized spacial score (nSPS) is 12.7. The van der Waals surface area contributed by atoms with Crippen LogP contribution in [-0.4, -0.2) is 27.6 Å². The maximum atomic E-state index is 9.79. The summed E-state index contributed by atoms with van der Waals surface area (Å²) in [7, 11) is 0. The summed E-state index contributed by atoms with van der Waals surface area (Å²) >= 11 is 0. The summed E-state index contributed by atoms with van der Waals surface area (Å²) in [6.07, 6.45) is 3.91. The Labute approximate surface area is 172 Å². The third-order valence-electron chi connectivity index (χ3n) is 5.29. The van der Waals surface area contributed by atoms with Gasteiger partial charge in [-0.25, -0.2) is 0 Å². The molecule has 3 rings (SSSR count). The van der Waals surface area contributed by atoms with Crippen LogP contribution in [0, 0.1) is 13.8 Å². The number of aliphatic hydroxyl groups is 1. The minimum absolute atomic E-state index is 0.0599. The zero-order chi connectivity index (χ0) is 20.6. The van der Waals surface area contributed by atoms with E-state index in [-0.39, 0.29) is 12.5 Å². The highest BCUT2D eigenvalue weighted by Crippen LogP contribution is 2.32. The number of rotatable bonds is 8. The van der Waals surface area contributed by atoms with Gasteiger partial charge in [-0.1, -0.05) is 53.7 Å². The molecule has 1 unspecified atom stereocenters. The van der Waals surface area contributed by atoms with Crippen LogP contribution in [0.3, 0.4) is 0 Å². The molecule has 1 heterocycles. The molecule has 0 aliphatic carbocycles. The van der Waals surface area contributed by atoms with Crippen LogP contribution >= 0.6 is 0 Å². The van der Waals surface area contributed by atoms with Crippen molar-refractivity contribution in [1.29, 1.82) is 0 Å². The minimum Gasteiger partial charge on any atom is -0.411 e. The first-order chi connectivity index (χ1) is 14.1. The summed E-state index contributed by atoms with van der Waals surface area (Å²) in [5.74, 6) is 0.0599. The van der Waals surface area contributed by atoms with Gasteiger partial charge in [-0.2, -0.15) is 0 Å². The summed E-state index contributed by atoms with van der Waals surface area (Å²) in [5.41, 5.74) is 7.24. The second kappa shape index (κ2) is 9.99. The highest BCUT2D eigenvalue weighted by Gasteiger charge is 2.20. The second-order valence-corrected chi connectivity index (χ2v) is 7.42. The van der Waals surface area contributed by atoms with E-state index in [0.717, 1.165) is 24.1 Å². The van der Waals surface area contributed by atoms with Gasteiger partial charge in [0.05, 0.1) is 5.71 Å². The number of pyridine rings is 1. The highest BCUT2D eigenvalue weighted by molar-refractivity contribution is 6.00. The number of aryl methyl sites for hydroxylation is 3. The van der Waals surface area contributed by atoms with Crippen molar-refractivity contribution in [2.75, 3.05) is 6.61 Å². The molecular formula is C25H28N2O2. The molecule has 0 aliphatic heterocycles. The number of benzene rings is 2. The molecule has 4 heteroatoms. The molecule has 2 aromatic carbocycles. The van der Waals surface area contributed by atoms with Gasteiger partial charge in [-0.05, 0) is 61.1 Å². The molecule has 150 valence electrons. The summed E-state index contributed by atoms with van der Waals surface area (Å²) < 4.78 is 0. The number of hydrogen-bond acceptors (Lipinski definition) is 4. The lowest BCUT2D eigenvalue weighted by molar-refractivity contribution is 0.288. The largest absolute Gasteiger partial charge is 0.411 e. The number of hydrogen-bond donors (Lipinski definition) is 2. The van der Waals surface area contributed by atoms with Crippen LogP contribution in [0.25, 0.3) is 0 Å². The molecule has 0 amide bonds. The molecule has 0 radical (unpaired) electrons. The van der Waals surface area contributed by atoms with E-state index in [1.807, 2.05) is 25.1 Å². The van der Waals surface area contributed by atoms with E-state index in [9.17, 15) is 10.3 Å². The third kappa shape index (κ3) is 5.30. The topological polar surface area (TPSA) is 65.7 Å². The van der Waals surface area contributed by atoms with Gasteiger partial charge in [-0.15, -0.1) is 0 Å². The molecule has 0 saturated heterocycles. The van der Waals surface area contributed by atoms with E-state index in [1.165, 1.54) is 22.3 Å². The molecule has 1 aromatic heterocycles. The zero-order valence-electron chi connectivity index (χ0n) is 17.0. The lowest BCUT2D eigenvalue weighted by Crippen LogP contribution is -2.12. The van der Waals surface area contributed by atoms with Crippen molar-refractivity contribution in [2.45, 2.75) is 39.0 Å². The van der Waals surface area contributed by atoms with E-state index < -0.39 is 0 Å². The number of oxime groups is 1. The van der Waals surface area contributed by atoms with E-state index in [0.29, 0.717) is 12.1 Å². The van der Waals surface area contributed by atoms with Crippen LogP contribution in [-0.2, 0) is 6.42 Å². The van der Waals surface area contributed by atoms with Gasteiger partial charge in [-0.3, -0.25) is 4.98 Å². The monoisotopic (exact) mass is 388 g/mol. The fourth-order valence-electron chi connectivity index (χ4n) is 3.77. The van der Waals surface area contributed by atoms with Crippen LogP contribution in [0.4, 0.5) is 0 Å². The Balaban J connectivity index is 2.01. The first-order valence-corrected chi connectivity index (χ1v) is 10.0. The van der Waals surface area contributed by atoms with Gasteiger partial charge in [0.2, 0.25) is 0 Å². The summed E-state index contributed by atoms with van der Waals surface area (Å²) in [6.45, 7) is 4.24. The first-order valence-electron chi connectivity index (χ1n) is 10.0. The molecule has 4 nitrogen and oxygen atoms in total. The zero-order valence-corrected chi connectivity index (χ0v) is 17.0. The predicted molar refractivity (Wildman–Crippen MR) is 117 cm³/mol. The molecule has 3 aromatic rings. The lowest BCUT2D eigenvalue weighted by atomic mass is 9.83. The Morgan fingerprint density at radius 3 is 2.59 bits per heavy atom. The SMILES string of the molecule is Cc1cc(C(CC(c2cccc(CCCO)c2)c2ccccc2C)=NO)ccn1. The lowest BCUT2D eigenvalue weighted by Gasteiger charge is -2.21. The Morgan fingerprint density at radius 2 is 1.86 bits per heavy atom. The molecule has 0 aliphatic rings. The number of nitrogens with zero attached hydrogens (tertiary/aromatic N) is 2. The quantitative estimate of drug-likeness (QED) is 0.323. The van der Waals surface area contributed by atoms with Crippen molar-refractivity contribution in [1.82, 2.24) is 4.98 Å². The van der Waals surface area contributed by atoms with Crippen molar-refractivity contribution in [2.24, 2.45) is 5.16 Å². The van der Waals surface area contributed by atoms with Gasteiger partial charge < -0.3 is 10.3 Å². The fraction of sp³-hybridized carbons (Fsp3) is 0.280. The second-order valence-electron chi connectivity index (χ2n) is 7.42. The van der Waals surface area contributed by atoms with Gasteiger partial charge in [0.15, 0.2) is 0 Å². The molecule has 1 atom stereocenters. The smallest absolute Gasteiger partial charge is 0.0878 e. The first kappa shape index (κ1) is 20.7. The Hall–Kier alpha value is -2.98. The minimum atomic E-state index is 0.0599. The average molecular weight is 389 g/mol. The predicted octanol–water partition coefficient (Wildman–Crippen LogP) is 5.02. The molecule has 2 N–H and O–H groups in total. The Morgan fingerprint density at radius 1 is 1.03 bits per heavy atom. The summed E-state index contributed by atoms with van der Waals surface area (Å²) in [4.78, 5) is 4.25. The highest BCUT2D eigenvalue weighted by atomic mass is 16.4.